The van der Waals surface area contributed by atoms with Crippen LogP contribution < -0.4 is 4.90 Å². The molecule has 0 fully saturated rings. The fraction of sp³-hybridized carbons (Fsp3) is 0.250. The maximum absolute atomic E-state index is 11.2. The van der Waals surface area contributed by atoms with Crippen LogP contribution >= 0.6 is 0 Å². The predicted octanol–water partition coefficient (Wildman–Crippen LogP) is 3.42. The number of pyridine rings is 1. The number of hydrogen-bond acceptors (Lipinski definition) is 3. The van der Waals surface area contributed by atoms with Crippen molar-refractivity contribution < 1.29 is 9.90 Å². The van der Waals surface area contributed by atoms with Crippen LogP contribution in [0.1, 0.15) is 28.5 Å². The Morgan fingerprint density at radius 1 is 1.30 bits per heavy atom. The number of benzene rings is 1. The van der Waals surface area contributed by atoms with Crippen molar-refractivity contribution in [2.75, 3.05) is 11.9 Å². The summed E-state index contributed by atoms with van der Waals surface area (Å²) in [6, 6.07) is 11.2. The van der Waals surface area contributed by atoms with E-state index in [1.165, 1.54) is 0 Å². The highest BCUT2D eigenvalue weighted by Crippen LogP contribution is 2.26. The molecule has 0 aliphatic heterocycles. The first kappa shape index (κ1) is 14.1. The number of aromatic carboxylic acids is 1. The Morgan fingerprint density at radius 3 is 2.60 bits per heavy atom. The second-order valence-electron chi connectivity index (χ2n) is 4.71. The van der Waals surface area contributed by atoms with Crippen LogP contribution in [0.4, 0.5) is 11.5 Å². The number of nitrogens with zero attached hydrogens (tertiary/aromatic N) is 2. The van der Waals surface area contributed by atoms with E-state index in [1.807, 2.05) is 50.1 Å². The SMILES string of the molecule is CCc1cc(C(=O)O)cc(N(C)c2ccccc2C)n1. The van der Waals surface area contributed by atoms with Crippen molar-refractivity contribution in [1.82, 2.24) is 4.98 Å². The molecule has 0 amide bonds. The number of hydrogen-bond donors (Lipinski definition) is 1. The molecule has 0 aliphatic carbocycles. The van der Waals surface area contributed by atoms with Crippen LogP contribution in [0, 0.1) is 6.92 Å². The van der Waals surface area contributed by atoms with Gasteiger partial charge in [0.15, 0.2) is 0 Å². The number of carboxylic acids is 1. The summed E-state index contributed by atoms with van der Waals surface area (Å²) >= 11 is 0. The van der Waals surface area contributed by atoms with E-state index in [2.05, 4.69) is 4.98 Å². The smallest absolute Gasteiger partial charge is 0.335 e. The van der Waals surface area contributed by atoms with Crippen LogP contribution in [0.15, 0.2) is 36.4 Å². The van der Waals surface area contributed by atoms with Crippen LogP contribution in [-0.2, 0) is 6.42 Å². The monoisotopic (exact) mass is 270 g/mol. The minimum absolute atomic E-state index is 0.271. The lowest BCUT2D eigenvalue weighted by atomic mass is 10.1. The number of rotatable bonds is 4. The van der Waals surface area contributed by atoms with Gasteiger partial charge in [0.1, 0.15) is 5.82 Å². The molecule has 0 atom stereocenters. The van der Waals surface area contributed by atoms with Crippen molar-refractivity contribution in [2.24, 2.45) is 0 Å². The van der Waals surface area contributed by atoms with Crippen LogP contribution in [0.3, 0.4) is 0 Å². The Balaban J connectivity index is 2.49. The third-order valence-electron chi connectivity index (χ3n) is 3.29. The van der Waals surface area contributed by atoms with Crippen LogP contribution in [0.2, 0.25) is 0 Å². The number of carboxylic acid groups (broad SMARTS) is 1. The lowest BCUT2D eigenvalue weighted by molar-refractivity contribution is 0.0696. The molecular weight excluding hydrogens is 252 g/mol. The molecule has 1 aromatic heterocycles. The number of anilines is 2. The Labute approximate surface area is 118 Å². The molecule has 2 aromatic rings. The summed E-state index contributed by atoms with van der Waals surface area (Å²) in [5.41, 5.74) is 3.19. The zero-order valence-corrected chi connectivity index (χ0v) is 11.9. The van der Waals surface area contributed by atoms with Gasteiger partial charge < -0.3 is 10.0 Å². The molecular formula is C16H18N2O2. The van der Waals surface area contributed by atoms with E-state index >= 15 is 0 Å². The first-order valence-electron chi connectivity index (χ1n) is 6.56. The fourth-order valence-corrected chi connectivity index (χ4v) is 2.11. The number of para-hydroxylation sites is 1. The summed E-state index contributed by atoms with van der Waals surface area (Å²) in [5, 5.41) is 9.19. The van der Waals surface area contributed by atoms with Crippen molar-refractivity contribution in [2.45, 2.75) is 20.3 Å². The third-order valence-corrected chi connectivity index (χ3v) is 3.29. The average molecular weight is 270 g/mol. The highest BCUT2D eigenvalue weighted by atomic mass is 16.4. The number of carbonyl (C=O) groups is 1. The van der Waals surface area contributed by atoms with Gasteiger partial charge in [-0.05, 0) is 37.1 Å². The van der Waals surface area contributed by atoms with Crippen molar-refractivity contribution in [1.29, 1.82) is 0 Å². The highest BCUT2D eigenvalue weighted by Gasteiger charge is 2.13. The van der Waals surface area contributed by atoms with Crippen molar-refractivity contribution >= 4 is 17.5 Å². The van der Waals surface area contributed by atoms with E-state index < -0.39 is 5.97 Å². The quantitative estimate of drug-likeness (QED) is 0.925. The predicted molar refractivity (Wildman–Crippen MR) is 79.8 cm³/mol. The Morgan fingerprint density at radius 2 is 2.00 bits per heavy atom. The molecule has 20 heavy (non-hydrogen) atoms. The van der Waals surface area contributed by atoms with Gasteiger partial charge in [0.2, 0.25) is 0 Å². The summed E-state index contributed by atoms with van der Waals surface area (Å²) in [6.07, 6.45) is 0.704. The molecule has 0 unspecified atom stereocenters. The van der Waals surface area contributed by atoms with Gasteiger partial charge in [-0.1, -0.05) is 25.1 Å². The molecule has 0 radical (unpaired) electrons. The molecule has 4 nitrogen and oxygen atoms in total. The molecule has 0 saturated heterocycles. The molecule has 0 saturated carbocycles. The van der Waals surface area contributed by atoms with E-state index in [4.69, 9.17) is 0 Å². The largest absolute Gasteiger partial charge is 0.478 e. The third kappa shape index (κ3) is 2.79. The zero-order chi connectivity index (χ0) is 14.7. The van der Waals surface area contributed by atoms with Crippen LogP contribution in [-0.4, -0.2) is 23.1 Å². The summed E-state index contributed by atoms with van der Waals surface area (Å²) in [7, 11) is 1.90. The van der Waals surface area contributed by atoms with Gasteiger partial charge in [-0.3, -0.25) is 0 Å². The molecule has 1 aromatic carbocycles. The molecule has 4 heteroatoms. The van der Waals surface area contributed by atoms with Gasteiger partial charge in [0.25, 0.3) is 0 Å². The molecule has 104 valence electrons. The van der Waals surface area contributed by atoms with Gasteiger partial charge in [-0.2, -0.15) is 0 Å². The second kappa shape index (κ2) is 5.74. The van der Waals surface area contributed by atoms with Crippen LogP contribution in [0.25, 0.3) is 0 Å². The minimum atomic E-state index is -0.929. The van der Waals surface area contributed by atoms with Crippen molar-refractivity contribution in [3.8, 4) is 0 Å². The van der Waals surface area contributed by atoms with Gasteiger partial charge in [0.05, 0.1) is 5.56 Å². The van der Waals surface area contributed by atoms with Gasteiger partial charge >= 0.3 is 5.97 Å². The molecule has 0 aliphatic rings. The number of aryl methyl sites for hydroxylation is 2. The molecule has 0 bridgehead atoms. The normalized spacial score (nSPS) is 10.3. The van der Waals surface area contributed by atoms with Gasteiger partial charge in [-0.15, -0.1) is 0 Å². The zero-order valence-electron chi connectivity index (χ0n) is 11.9. The molecule has 0 spiro atoms. The Bertz CT molecular complexity index is 638. The summed E-state index contributed by atoms with van der Waals surface area (Å²) in [5.74, 6) is -0.280. The average Bonchev–Trinajstić information content (AvgIpc) is 2.46. The highest BCUT2D eigenvalue weighted by molar-refractivity contribution is 5.89. The summed E-state index contributed by atoms with van der Waals surface area (Å²) in [6.45, 7) is 3.99. The maximum Gasteiger partial charge on any atom is 0.335 e. The van der Waals surface area contributed by atoms with E-state index in [1.54, 1.807) is 12.1 Å². The topological polar surface area (TPSA) is 53.4 Å². The lowest BCUT2D eigenvalue weighted by Gasteiger charge is -2.21. The second-order valence-corrected chi connectivity index (χ2v) is 4.71. The maximum atomic E-state index is 11.2. The fourth-order valence-electron chi connectivity index (χ4n) is 2.11. The lowest BCUT2D eigenvalue weighted by Crippen LogP contribution is -2.14. The first-order valence-corrected chi connectivity index (χ1v) is 6.56. The Hall–Kier alpha value is -2.36. The van der Waals surface area contributed by atoms with Crippen molar-refractivity contribution in [3.63, 3.8) is 0 Å². The molecule has 1 N–H and O–H groups in total. The minimum Gasteiger partial charge on any atom is -0.478 e. The van der Waals surface area contributed by atoms with E-state index in [0.717, 1.165) is 16.9 Å². The van der Waals surface area contributed by atoms with E-state index in [-0.39, 0.29) is 5.56 Å². The van der Waals surface area contributed by atoms with Gasteiger partial charge in [0, 0.05) is 18.4 Å². The first-order chi connectivity index (χ1) is 9.52. The number of aromatic nitrogens is 1. The molecule has 1 heterocycles. The van der Waals surface area contributed by atoms with E-state index in [0.29, 0.717) is 12.2 Å². The van der Waals surface area contributed by atoms with Crippen molar-refractivity contribution in [3.05, 3.63) is 53.2 Å². The van der Waals surface area contributed by atoms with Crippen LogP contribution in [0.5, 0.6) is 0 Å². The standard InChI is InChI=1S/C16H18N2O2/c1-4-13-9-12(16(19)20)10-15(17-13)18(3)14-8-6-5-7-11(14)2/h5-10H,4H2,1-3H3,(H,19,20). The summed E-state index contributed by atoms with van der Waals surface area (Å²) in [4.78, 5) is 17.6. The van der Waals surface area contributed by atoms with Gasteiger partial charge in [-0.25, -0.2) is 9.78 Å². The molecule has 2 rings (SSSR count). The summed E-state index contributed by atoms with van der Waals surface area (Å²) < 4.78 is 0. The Kier molecular flexibility index (Phi) is 4.03. The van der Waals surface area contributed by atoms with E-state index in [9.17, 15) is 9.90 Å².